The monoisotopic (exact) mass is 332 g/mol. The largest absolute Gasteiger partial charge is 0.457 e. The zero-order chi connectivity index (χ0) is 14.7. The molecule has 2 rings (SSSR count). The Bertz CT molecular complexity index is 639. The molecule has 20 heavy (non-hydrogen) atoms. The molecule has 0 amide bonds. The van der Waals surface area contributed by atoms with Gasteiger partial charge in [0.05, 0.1) is 20.6 Å². The Morgan fingerprint density at radius 3 is 2.45 bits per heavy atom. The summed E-state index contributed by atoms with van der Waals surface area (Å²) in [6.07, 6.45) is 0. The maximum atomic E-state index is 13.5. The standard InChI is InChI=1S/C14H8Cl3FO2/c15-10-2-1-3-13(18)9(10)7-20-14(19)8-4-5-11(16)12(17)6-8/h1-6H,7H2. The predicted molar refractivity (Wildman–Crippen MR) is 77.0 cm³/mol. The first-order chi connectivity index (χ1) is 9.49. The van der Waals surface area contributed by atoms with Gasteiger partial charge >= 0.3 is 5.97 Å². The van der Waals surface area contributed by atoms with Crippen molar-refractivity contribution in [3.63, 3.8) is 0 Å². The average molecular weight is 334 g/mol. The molecule has 104 valence electrons. The first-order valence-electron chi connectivity index (χ1n) is 5.54. The lowest BCUT2D eigenvalue weighted by Gasteiger charge is -2.08. The number of hydrogen-bond donors (Lipinski definition) is 0. The van der Waals surface area contributed by atoms with Gasteiger partial charge in [-0.2, -0.15) is 0 Å². The molecule has 0 radical (unpaired) electrons. The fourth-order valence-corrected chi connectivity index (χ4v) is 2.03. The molecule has 0 aliphatic heterocycles. The van der Waals surface area contributed by atoms with Crippen molar-refractivity contribution >= 4 is 40.8 Å². The van der Waals surface area contributed by atoms with Crippen molar-refractivity contribution < 1.29 is 13.9 Å². The molecule has 0 heterocycles. The lowest BCUT2D eigenvalue weighted by Crippen LogP contribution is -2.06. The van der Waals surface area contributed by atoms with Gasteiger partial charge in [-0.3, -0.25) is 0 Å². The Kier molecular flexibility index (Phi) is 4.86. The molecule has 2 aromatic carbocycles. The van der Waals surface area contributed by atoms with E-state index in [0.29, 0.717) is 5.02 Å². The van der Waals surface area contributed by atoms with Crippen LogP contribution in [0, 0.1) is 5.82 Å². The van der Waals surface area contributed by atoms with E-state index in [2.05, 4.69) is 0 Å². The summed E-state index contributed by atoms with van der Waals surface area (Å²) in [4.78, 5) is 11.8. The Morgan fingerprint density at radius 1 is 1.05 bits per heavy atom. The number of benzene rings is 2. The van der Waals surface area contributed by atoms with Gasteiger partial charge in [-0.05, 0) is 30.3 Å². The van der Waals surface area contributed by atoms with Gasteiger partial charge in [0.25, 0.3) is 0 Å². The Balaban J connectivity index is 2.11. The van der Waals surface area contributed by atoms with E-state index in [4.69, 9.17) is 39.5 Å². The van der Waals surface area contributed by atoms with E-state index < -0.39 is 11.8 Å². The topological polar surface area (TPSA) is 26.3 Å². The highest BCUT2D eigenvalue weighted by molar-refractivity contribution is 6.42. The van der Waals surface area contributed by atoms with E-state index in [0.717, 1.165) is 0 Å². The zero-order valence-electron chi connectivity index (χ0n) is 10.00. The smallest absolute Gasteiger partial charge is 0.338 e. The zero-order valence-corrected chi connectivity index (χ0v) is 12.3. The first kappa shape index (κ1) is 15.1. The van der Waals surface area contributed by atoms with Crippen LogP contribution in [0.2, 0.25) is 15.1 Å². The fraction of sp³-hybridized carbons (Fsp3) is 0.0714. The molecule has 0 atom stereocenters. The van der Waals surface area contributed by atoms with Crippen LogP contribution in [0.3, 0.4) is 0 Å². The van der Waals surface area contributed by atoms with Crippen molar-refractivity contribution in [3.05, 3.63) is 68.4 Å². The van der Waals surface area contributed by atoms with E-state index in [1.54, 1.807) is 0 Å². The second kappa shape index (κ2) is 6.44. The van der Waals surface area contributed by atoms with Crippen LogP contribution in [0.15, 0.2) is 36.4 Å². The van der Waals surface area contributed by atoms with Crippen molar-refractivity contribution in [2.75, 3.05) is 0 Å². The summed E-state index contributed by atoms with van der Waals surface area (Å²) in [6, 6.07) is 8.58. The molecule has 0 saturated carbocycles. The van der Waals surface area contributed by atoms with Crippen LogP contribution >= 0.6 is 34.8 Å². The summed E-state index contributed by atoms with van der Waals surface area (Å²) in [5.74, 6) is -1.16. The molecular weight excluding hydrogens is 326 g/mol. The molecule has 0 bridgehead atoms. The average Bonchev–Trinajstić information content (AvgIpc) is 2.41. The highest BCUT2D eigenvalue weighted by Gasteiger charge is 2.13. The third-order valence-electron chi connectivity index (χ3n) is 2.56. The summed E-state index contributed by atoms with van der Waals surface area (Å²) < 4.78 is 18.5. The van der Waals surface area contributed by atoms with Crippen molar-refractivity contribution in [1.82, 2.24) is 0 Å². The van der Waals surface area contributed by atoms with Gasteiger partial charge in [0.2, 0.25) is 0 Å². The van der Waals surface area contributed by atoms with Crippen LogP contribution in [0.1, 0.15) is 15.9 Å². The van der Waals surface area contributed by atoms with Crippen LogP contribution in [-0.2, 0) is 11.3 Å². The quantitative estimate of drug-likeness (QED) is 0.727. The van der Waals surface area contributed by atoms with Crippen LogP contribution in [0.4, 0.5) is 4.39 Å². The van der Waals surface area contributed by atoms with Crippen LogP contribution < -0.4 is 0 Å². The second-order valence-corrected chi connectivity index (χ2v) is 5.13. The molecule has 2 aromatic rings. The van der Waals surface area contributed by atoms with E-state index in [-0.39, 0.29) is 27.8 Å². The summed E-state index contributed by atoms with van der Waals surface area (Å²) in [5, 5.41) is 0.775. The fourth-order valence-electron chi connectivity index (χ4n) is 1.51. The molecule has 0 unspecified atom stereocenters. The number of carbonyl (C=O) groups is 1. The number of hydrogen-bond acceptors (Lipinski definition) is 2. The number of esters is 1. The first-order valence-corrected chi connectivity index (χ1v) is 6.67. The number of rotatable bonds is 3. The Morgan fingerprint density at radius 2 is 1.80 bits per heavy atom. The molecule has 6 heteroatoms. The SMILES string of the molecule is O=C(OCc1c(F)cccc1Cl)c1ccc(Cl)c(Cl)c1. The molecule has 0 aliphatic carbocycles. The summed E-state index contributed by atoms with van der Waals surface area (Å²) in [6.45, 7) is -0.259. The number of halogens is 4. The third kappa shape index (κ3) is 3.42. The molecule has 0 aromatic heterocycles. The molecule has 0 N–H and O–H groups in total. The molecule has 0 aliphatic rings. The third-order valence-corrected chi connectivity index (χ3v) is 3.66. The van der Waals surface area contributed by atoms with Gasteiger partial charge in [-0.25, -0.2) is 9.18 Å². The van der Waals surface area contributed by atoms with Gasteiger partial charge in [-0.1, -0.05) is 40.9 Å². The normalized spacial score (nSPS) is 10.4. The van der Waals surface area contributed by atoms with Crippen LogP contribution in [0.25, 0.3) is 0 Å². The van der Waals surface area contributed by atoms with Crippen LogP contribution in [0.5, 0.6) is 0 Å². The van der Waals surface area contributed by atoms with E-state index >= 15 is 0 Å². The molecular formula is C14H8Cl3FO2. The Labute approximate surface area is 130 Å². The van der Waals surface area contributed by atoms with Gasteiger partial charge < -0.3 is 4.74 Å². The van der Waals surface area contributed by atoms with Crippen molar-refractivity contribution in [2.45, 2.75) is 6.61 Å². The molecule has 0 fully saturated rings. The number of carbonyl (C=O) groups excluding carboxylic acids is 1. The lowest BCUT2D eigenvalue weighted by atomic mass is 10.2. The lowest BCUT2D eigenvalue weighted by molar-refractivity contribution is 0.0469. The summed E-state index contributed by atoms with van der Waals surface area (Å²) in [5.41, 5.74) is 0.356. The molecule has 2 nitrogen and oxygen atoms in total. The minimum atomic E-state index is -0.636. The molecule has 0 spiro atoms. The second-order valence-electron chi connectivity index (χ2n) is 3.91. The van der Waals surface area contributed by atoms with Crippen molar-refractivity contribution in [3.8, 4) is 0 Å². The van der Waals surface area contributed by atoms with E-state index in [1.165, 1.54) is 36.4 Å². The Hall–Kier alpha value is -1.29. The minimum Gasteiger partial charge on any atom is -0.457 e. The maximum absolute atomic E-state index is 13.5. The van der Waals surface area contributed by atoms with Gasteiger partial charge in [0.15, 0.2) is 0 Å². The number of ether oxygens (including phenoxy) is 1. The van der Waals surface area contributed by atoms with E-state index in [1.807, 2.05) is 0 Å². The van der Waals surface area contributed by atoms with Crippen molar-refractivity contribution in [2.24, 2.45) is 0 Å². The summed E-state index contributed by atoms with van der Waals surface area (Å²) in [7, 11) is 0. The predicted octanol–water partition coefficient (Wildman–Crippen LogP) is 5.14. The summed E-state index contributed by atoms with van der Waals surface area (Å²) >= 11 is 17.4. The van der Waals surface area contributed by atoms with E-state index in [9.17, 15) is 9.18 Å². The minimum absolute atomic E-state index is 0.127. The molecule has 0 saturated heterocycles. The maximum Gasteiger partial charge on any atom is 0.338 e. The van der Waals surface area contributed by atoms with Crippen molar-refractivity contribution in [1.29, 1.82) is 0 Å². The van der Waals surface area contributed by atoms with Gasteiger partial charge in [-0.15, -0.1) is 0 Å². The van der Waals surface area contributed by atoms with Gasteiger partial charge in [0.1, 0.15) is 12.4 Å². The highest BCUT2D eigenvalue weighted by Crippen LogP contribution is 2.24. The van der Waals surface area contributed by atoms with Gasteiger partial charge in [0, 0.05) is 5.56 Å². The highest BCUT2D eigenvalue weighted by atomic mass is 35.5. The van der Waals surface area contributed by atoms with Crippen LogP contribution in [-0.4, -0.2) is 5.97 Å².